The lowest BCUT2D eigenvalue weighted by atomic mass is 9.94. The lowest BCUT2D eigenvalue weighted by molar-refractivity contribution is -0.122. The van der Waals surface area contributed by atoms with Crippen LogP contribution in [0.5, 0.6) is 0 Å². The molecule has 4 nitrogen and oxygen atoms in total. The Bertz CT molecular complexity index is 703. The molecule has 0 bridgehead atoms. The first kappa shape index (κ1) is 14.8. The molecule has 2 N–H and O–H groups in total. The summed E-state index contributed by atoms with van der Waals surface area (Å²) in [5.41, 5.74) is 10.2. The van der Waals surface area contributed by atoms with Crippen LogP contribution in [0.15, 0.2) is 24.3 Å². The van der Waals surface area contributed by atoms with Gasteiger partial charge in [-0.1, -0.05) is 25.1 Å². The van der Waals surface area contributed by atoms with Crippen molar-refractivity contribution in [1.82, 2.24) is 4.98 Å². The van der Waals surface area contributed by atoms with Gasteiger partial charge in [0.25, 0.3) is 0 Å². The van der Waals surface area contributed by atoms with Gasteiger partial charge >= 0.3 is 0 Å². The number of pyridine rings is 1. The number of amides is 1. The van der Waals surface area contributed by atoms with Gasteiger partial charge in [-0.05, 0) is 37.8 Å². The molecule has 1 amide bonds. The summed E-state index contributed by atoms with van der Waals surface area (Å²) < 4.78 is 0. The molecule has 0 spiro atoms. The number of para-hydroxylation sites is 1. The zero-order valence-electron chi connectivity index (χ0n) is 13.3. The zero-order valence-corrected chi connectivity index (χ0v) is 13.3. The Balaban J connectivity index is 2.04. The number of nitrogens with zero attached hydrogens (tertiary/aromatic N) is 2. The van der Waals surface area contributed by atoms with Crippen LogP contribution in [0.3, 0.4) is 0 Å². The number of hydrogen-bond donors (Lipinski definition) is 1. The molecule has 0 aliphatic carbocycles. The average Bonchev–Trinajstić information content (AvgIpc) is 2.53. The highest BCUT2D eigenvalue weighted by molar-refractivity contribution is 5.94. The van der Waals surface area contributed by atoms with Crippen LogP contribution in [-0.2, 0) is 11.2 Å². The Morgan fingerprint density at radius 2 is 2.00 bits per heavy atom. The van der Waals surface area contributed by atoms with Crippen LogP contribution in [0.4, 0.5) is 5.69 Å². The fourth-order valence-corrected chi connectivity index (χ4v) is 3.53. The molecule has 1 aliphatic rings. The highest BCUT2D eigenvalue weighted by Crippen LogP contribution is 2.34. The molecule has 116 valence electrons. The topological polar surface area (TPSA) is 59.2 Å². The van der Waals surface area contributed by atoms with Gasteiger partial charge in [-0.3, -0.25) is 9.78 Å². The number of aromatic nitrogens is 1. The third-order valence-electron chi connectivity index (χ3n) is 4.74. The molecule has 2 aromatic rings. The van der Waals surface area contributed by atoms with Gasteiger partial charge in [0.1, 0.15) is 0 Å². The summed E-state index contributed by atoms with van der Waals surface area (Å²) in [7, 11) is 0. The number of nitrogens with two attached hydrogens (primary N) is 1. The van der Waals surface area contributed by atoms with E-state index >= 15 is 0 Å². The number of rotatable bonds is 3. The molecule has 2 heterocycles. The van der Waals surface area contributed by atoms with Crippen LogP contribution >= 0.6 is 0 Å². The van der Waals surface area contributed by atoms with E-state index in [0.29, 0.717) is 0 Å². The largest absolute Gasteiger partial charge is 0.371 e. The molecule has 4 heteroatoms. The number of fused-ring (bicyclic) bond motifs is 1. The zero-order chi connectivity index (χ0) is 15.7. The van der Waals surface area contributed by atoms with E-state index in [1.807, 2.05) is 6.07 Å². The minimum atomic E-state index is -0.161. The van der Waals surface area contributed by atoms with E-state index in [1.54, 1.807) is 0 Å². The summed E-state index contributed by atoms with van der Waals surface area (Å²) in [4.78, 5) is 18.5. The van der Waals surface area contributed by atoms with Crippen LogP contribution in [0.25, 0.3) is 10.9 Å². The van der Waals surface area contributed by atoms with E-state index < -0.39 is 0 Å². The van der Waals surface area contributed by atoms with Crippen LogP contribution in [0.2, 0.25) is 0 Å². The quantitative estimate of drug-likeness (QED) is 0.947. The second kappa shape index (κ2) is 5.95. The highest BCUT2D eigenvalue weighted by atomic mass is 16.1. The predicted octanol–water partition coefficient (Wildman–Crippen LogP) is 2.81. The smallest absolute Gasteiger partial charge is 0.220 e. The Morgan fingerprint density at radius 3 is 2.64 bits per heavy atom. The second-order valence-electron chi connectivity index (χ2n) is 6.06. The van der Waals surface area contributed by atoms with Crippen molar-refractivity contribution in [2.75, 3.05) is 18.0 Å². The van der Waals surface area contributed by atoms with Gasteiger partial charge in [-0.2, -0.15) is 0 Å². The average molecular weight is 297 g/mol. The molecule has 0 atom stereocenters. The maximum atomic E-state index is 11.4. The molecule has 1 saturated heterocycles. The van der Waals surface area contributed by atoms with Crippen molar-refractivity contribution < 1.29 is 4.79 Å². The molecule has 0 saturated carbocycles. The molecule has 1 fully saturated rings. The SMILES string of the molecule is CCc1c(C)nc2ccccc2c1N1CCC(C(N)=O)CC1. The van der Waals surface area contributed by atoms with Crippen molar-refractivity contribution in [3.8, 4) is 0 Å². The van der Waals surface area contributed by atoms with E-state index in [2.05, 4.69) is 36.9 Å². The Kier molecular flexibility index (Phi) is 4.01. The predicted molar refractivity (Wildman–Crippen MR) is 90.0 cm³/mol. The first-order valence-electron chi connectivity index (χ1n) is 8.04. The maximum absolute atomic E-state index is 11.4. The molecule has 1 aromatic carbocycles. The third-order valence-corrected chi connectivity index (χ3v) is 4.74. The number of piperidine rings is 1. The summed E-state index contributed by atoms with van der Waals surface area (Å²) in [6.07, 6.45) is 2.65. The van der Waals surface area contributed by atoms with Gasteiger partial charge in [-0.25, -0.2) is 0 Å². The number of primary amides is 1. The summed E-state index contributed by atoms with van der Waals surface area (Å²) in [5, 5.41) is 1.21. The van der Waals surface area contributed by atoms with Crippen molar-refractivity contribution in [3.63, 3.8) is 0 Å². The van der Waals surface area contributed by atoms with Gasteiger partial charge < -0.3 is 10.6 Å². The number of benzene rings is 1. The lowest BCUT2D eigenvalue weighted by Gasteiger charge is -2.34. The molecular formula is C18H23N3O. The summed E-state index contributed by atoms with van der Waals surface area (Å²) in [5.74, 6) is -0.137. The van der Waals surface area contributed by atoms with Gasteiger partial charge in [0.05, 0.1) is 11.2 Å². The van der Waals surface area contributed by atoms with Crippen molar-refractivity contribution in [3.05, 3.63) is 35.5 Å². The molecule has 0 unspecified atom stereocenters. The Labute approximate surface area is 131 Å². The van der Waals surface area contributed by atoms with E-state index in [9.17, 15) is 4.79 Å². The second-order valence-corrected chi connectivity index (χ2v) is 6.06. The Morgan fingerprint density at radius 1 is 1.32 bits per heavy atom. The molecule has 0 radical (unpaired) electrons. The summed E-state index contributed by atoms with van der Waals surface area (Å²) in [6, 6.07) is 8.32. The van der Waals surface area contributed by atoms with Gasteiger partial charge in [-0.15, -0.1) is 0 Å². The molecular weight excluding hydrogens is 274 g/mol. The van der Waals surface area contributed by atoms with E-state index in [0.717, 1.165) is 43.6 Å². The van der Waals surface area contributed by atoms with Crippen LogP contribution in [-0.4, -0.2) is 24.0 Å². The first-order chi connectivity index (χ1) is 10.6. The third kappa shape index (κ3) is 2.54. The minimum Gasteiger partial charge on any atom is -0.371 e. The van der Waals surface area contributed by atoms with E-state index in [-0.39, 0.29) is 11.8 Å². The minimum absolute atomic E-state index is 0.0236. The number of hydrogen-bond acceptors (Lipinski definition) is 3. The molecule has 1 aromatic heterocycles. The van der Waals surface area contributed by atoms with Crippen molar-refractivity contribution in [1.29, 1.82) is 0 Å². The Hall–Kier alpha value is -2.10. The van der Waals surface area contributed by atoms with Crippen molar-refractivity contribution >= 4 is 22.5 Å². The van der Waals surface area contributed by atoms with Crippen LogP contribution in [0.1, 0.15) is 31.0 Å². The van der Waals surface area contributed by atoms with Crippen molar-refractivity contribution in [2.45, 2.75) is 33.1 Å². The molecule has 3 rings (SSSR count). The molecule has 1 aliphatic heterocycles. The van der Waals surface area contributed by atoms with Gasteiger partial charge in [0.2, 0.25) is 5.91 Å². The van der Waals surface area contributed by atoms with E-state index in [1.165, 1.54) is 16.6 Å². The highest BCUT2D eigenvalue weighted by Gasteiger charge is 2.26. The molecule has 22 heavy (non-hydrogen) atoms. The standard InChI is InChI=1S/C18H23N3O/c1-3-14-12(2)20-16-7-5-4-6-15(16)17(14)21-10-8-13(9-11-21)18(19)22/h4-7,13H,3,8-11H2,1-2H3,(H2,19,22). The number of anilines is 1. The van der Waals surface area contributed by atoms with Crippen molar-refractivity contribution in [2.24, 2.45) is 11.7 Å². The van der Waals surface area contributed by atoms with Crippen LogP contribution in [0, 0.1) is 12.8 Å². The maximum Gasteiger partial charge on any atom is 0.220 e. The fraction of sp³-hybridized carbons (Fsp3) is 0.444. The fourth-order valence-electron chi connectivity index (χ4n) is 3.53. The number of carbonyl (C=O) groups is 1. The van der Waals surface area contributed by atoms with Gasteiger partial charge in [0, 0.05) is 30.1 Å². The summed E-state index contributed by atoms with van der Waals surface area (Å²) in [6.45, 7) is 6.03. The summed E-state index contributed by atoms with van der Waals surface area (Å²) >= 11 is 0. The van der Waals surface area contributed by atoms with Gasteiger partial charge in [0.15, 0.2) is 0 Å². The number of aryl methyl sites for hydroxylation is 1. The van der Waals surface area contributed by atoms with Crippen LogP contribution < -0.4 is 10.6 Å². The monoisotopic (exact) mass is 297 g/mol. The lowest BCUT2D eigenvalue weighted by Crippen LogP contribution is -2.39. The first-order valence-corrected chi connectivity index (χ1v) is 8.04. The van der Waals surface area contributed by atoms with E-state index in [4.69, 9.17) is 10.7 Å². The normalized spacial score (nSPS) is 16.2. The number of carbonyl (C=O) groups excluding carboxylic acids is 1.